The van der Waals surface area contributed by atoms with Gasteiger partial charge in [-0.25, -0.2) is 0 Å². The van der Waals surface area contributed by atoms with Crippen molar-refractivity contribution in [3.63, 3.8) is 0 Å². The van der Waals surface area contributed by atoms with Crippen molar-refractivity contribution >= 4 is 29.0 Å². The topological polar surface area (TPSA) is 17.1 Å². The molecule has 4 rings (SSSR count). The van der Waals surface area contributed by atoms with Crippen LogP contribution in [0.15, 0.2) is 97.1 Å². The van der Waals surface area contributed by atoms with Gasteiger partial charge in [0.25, 0.3) is 0 Å². The molecule has 0 aliphatic rings. The molecule has 28 heavy (non-hydrogen) atoms. The minimum absolute atomic E-state index is 0.0202. The number of carbonyl (C=O) groups excluding carboxylic acids is 1. The first-order chi connectivity index (χ1) is 13.6. The van der Waals surface area contributed by atoms with E-state index in [-0.39, 0.29) is 5.78 Å². The van der Waals surface area contributed by atoms with E-state index in [1.807, 2.05) is 97.1 Å². The van der Waals surface area contributed by atoms with E-state index in [4.69, 9.17) is 23.2 Å². The predicted molar refractivity (Wildman–Crippen MR) is 117 cm³/mol. The summed E-state index contributed by atoms with van der Waals surface area (Å²) in [5.74, 6) is -0.0202. The highest BCUT2D eigenvalue weighted by atomic mass is 35.5. The molecule has 0 bridgehead atoms. The van der Waals surface area contributed by atoms with Gasteiger partial charge in [-0.3, -0.25) is 4.79 Å². The van der Waals surface area contributed by atoms with Gasteiger partial charge < -0.3 is 0 Å². The van der Waals surface area contributed by atoms with Gasteiger partial charge in [0.2, 0.25) is 0 Å². The average Bonchev–Trinajstić information content (AvgIpc) is 2.73. The summed E-state index contributed by atoms with van der Waals surface area (Å²) in [6.45, 7) is 0. The maximum Gasteiger partial charge on any atom is 0.193 e. The molecule has 0 radical (unpaired) electrons. The maximum absolute atomic E-state index is 13.2. The van der Waals surface area contributed by atoms with Crippen molar-refractivity contribution in [1.29, 1.82) is 0 Å². The second kappa shape index (κ2) is 8.02. The Morgan fingerprint density at radius 3 is 1.86 bits per heavy atom. The first-order valence-electron chi connectivity index (χ1n) is 8.87. The van der Waals surface area contributed by atoms with Crippen LogP contribution in [0.1, 0.15) is 15.9 Å². The van der Waals surface area contributed by atoms with E-state index < -0.39 is 0 Å². The molecule has 0 spiro atoms. The van der Waals surface area contributed by atoms with Gasteiger partial charge in [0.1, 0.15) is 0 Å². The molecular formula is C25H16Cl2O. The third kappa shape index (κ3) is 3.87. The lowest BCUT2D eigenvalue weighted by Crippen LogP contribution is -2.03. The Hall–Kier alpha value is -2.87. The highest BCUT2D eigenvalue weighted by Gasteiger charge is 2.16. The Labute approximate surface area is 174 Å². The summed E-state index contributed by atoms with van der Waals surface area (Å²) < 4.78 is 0. The molecule has 0 fully saturated rings. The molecule has 136 valence electrons. The molecule has 0 atom stereocenters. The maximum atomic E-state index is 13.2. The lowest BCUT2D eigenvalue weighted by Gasteiger charge is -2.13. The Morgan fingerprint density at radius 1 is 0.571 bits per heavy atom. The van der Waals surface area contributed by atoms with E-state index in [0.29, 0.717) is 21.2 Å². The van der Waals surface area contributed by atoms with Gasteiger partial charge in [0.15, 0.2) is 5.78 Å². The molecule has 0 aromatic heterocycles. The van der Waals surface area contributed by atoms with Crippen molar-refractivity contribution in [3.8, 4) is 22.3 Å². The standard InChI is InChI=1S/C25H16Cl2O/c26-21-10-4-8-18(14-21)19-12-13-23(25(28)17-6-2-1-3-7-17)24(16-19)20-9-5-11-22(27)15-20/h1-16H. The molecule has 0 saturated carbocycles. The number of benzene rings is 4. The fourth-order valence-electron chi connectivity index (χ4n) is 3.23. The second-order valence-electron chi connectivity index (χ2n) is 6.48. The first-order valence-corrected chi connectivity index (χ1v) is 9.63. The number of ketones is 1. The molecule has 4 aromatic carbocycles. The number of carbonyl (C=O) groups is 1. The van der Waals surface area contributed by atoms with E-state index in [9.17, 15) is 4.79 Å². The molecule has 0 amide bonds. The third-order valence-electron chi connectivity index (χ3n) is 4.59. The van der Waals surface area contributed by atoms with Crippen LogP contribution in [-0.4, -0.2) is 5.78 Å². The zero-order valence-electron chi connectivity index (χ0n) is 14.9. The number of hydrogen-bond acceptors (Lipinski definition) is 1. The number of halogens is 2. The van der Waals surface area contributed by atoms with Crippen molar-refractivity contribution in [3.05, 3.63) is 118 Å². The van der Waals surface area contributed by atoms with Gasteiger partial charge in [-0.05, 0) is 58.7 Å². The largest absolute Gasteiger partial charge is 0.289 e. The third-order valence-corrected chi connectivity index (χ3v) is 5.06. The van der Waals surface area contributed by atoms with Crippen LogP contribution in [0.3, 0.4) is 0 Å². The van der Waals surface area contributed by atoms with Crippen LogP contribution in [0.25, 0.3) is 22.3 Å². The average molecular weight is 403 g/mol. The highest BCUT2D eigenvalue weighted by molar-refractivity contribution is 6.31. The molecule has 0 heterocycles. The van der Waals surface area contributed by atoms with Gasteiger partial charge in [-0.15, -0.1) is 0 Å². The van der Waals surface area contributed by atoms with E-state index in [2.05, 4.69) is 0 Å². The SMILES string of the molecule is O=C(c1ccccc1)c1ccc(-c2cccc(Cl)c2)cc1-c1cccc(Cl)c1. The zero-order valence-corrected chi connectivity index (χ0v) is 16.4. The van der Waals surface area contributed by atoms with Crippen molar-refractivity contribution in [2.75, 3.05) is 0 Å². The summed E-state index contributed by atoms with van der Waals surface area (Å²) in [7, 11) is 0. The van der Waals surface area contributed by atoms with E-state index >= 15 is 0 Å². The smallest absolute Gasteiger partial charge is 0.193 e. The van der Waals surface area contributed by atoms with Crippen LogP contribution >= 0.6 is 23.2 Å². The van der Waals surface area contributed by atoms with Crippen molar-refractivity contribution in [2.24, 2.45) is 0 Å². The van der Waals surface area contributed by atoms with Gasteiger partial charge in [-0.1, -0.05) is 83.9 Å². The highest BCUT2D eigenvalue weighted by Crippen LogP contribution is 2.33. The number of rotatable bonds is 4. The van der Waals surface area contributed by atoms with Crippen molar-refractivity contribution in [1.82, 2.24) is 0 Å². The lowest BCUT2D eigenvalue weighted by molar-refractivity contribution is 0.103. The van der Waals surface area contributed by atoms with Crippen LogP contribution in [0, 0.1) is 0 Å². The summed E-state index contributed by atoms with van der Waals surface area (Å²) in [5.41, 5.74) is 5.02. The number of hydrogen-bond donors (Lipinski definition) is 0. The zero-order chi connectivity index (χ0) is 19.5. The molecule has 0 aliphatic heterocycles. The quantitative estimate of drug-likeness (QED) is 0.321. The summed E-state index contributed by atoms with van der Waals surface area (Å²) in [6.07, 6.45) is 0. The van der Waals surface area contributed by atoms with Gasteiger partial charge in [0.05, 0.1) is 0 Å². The van der Waals surface area contributed by atoms with E-state index in [1.54, 1.807) is 0 Å². The van der Waals surface area contributed by atoms with Gasteiger partial charge >= 0.3 is 0 Å². The lowest BCUT2D eigenvalue weighted by atomic mass is 9.91. The Bertz CT molecular complexity index is 1150. The molecule has 0 unspecified atom stereocenters. The summed E-state index contributed by atoms with van der Waals surface area (Å²) >= 11 is 12.4. The molecule has 0 aliphatic carbocycles. The molecule has 0 saturated heterocycles. The molecule has 1 nitrogen and oxygen atoms in total. The normalized spacial score (nSPS) is 10.6. The van der Waals surface area contributed by atoms with Crippen LogP contribution in [0.5, 0.6) is 0 Å². The fourth-order valence-corrected chi connectivity index (χ4v) is 3.61. The first kappa shape index (κ1) is 18.5. The van der Waals surface area contributed by atoms with Crippen LogP contribution in [-0.2, 0) is 0 Å². The van der Waals surface area contributed by atoms with E-state index in [0.717, 1.165) is 22.3 Å². The van der Waals surface area contributed by atoms with Crippen molar-refractivity contribution < 1.29 is 4.79 Å². The van der Waals surface area contributed by atoms with Crippen LogP contribution in [0.2, 0.25) is 10.0 Å². The van der Waals surface area contributed by atoms with Crippen LogP contribution < -0.4 is 0 Å². The Balaban J connectivity index is 1.90. The monoisotopic (exact) mass is 402 g/mol. The Kier molecular flexibility index (Phi) is 5.29. The molecule has 4 aromatic rings. The fraction of sp³-hybridized carbons (Fsp3) is 0. The summed E-state index contributed by atoms with van der Waals surface area (Å²) in [4.78, 5) is 13.2. The second-order valence-corrected chi connectivity index (χ2v) is 7.35. The molecule has 0 N–H and O–H groups in total. The van der Waals surface area contributed by atoms with Crippen LogP contribution in [0.4, 0.5) is 0 Å². The molecule has 3 heteroatoms. The van der Waals surface area contributed by atoms with Gasteiger partial charge in [-0.2, -0.15) is 0 Å². The Morgan fingerprint density at radius 2 is 1.18 bits per heavy atom. The minimum Gasteiger partial charge on any atom is -0.289 e. The van der Waals surface area contributed by atoms with E-state index in [1.165, 1.54) is 0 Å². The summed E-state index contributed by atoms with van der Waals surface area (Å²) in [5, 5.41) is 1.30. The predicted octanol–water partition coefficient (Wildman–Crippen LogP) is 7.56. The molecular weight excluding hydrogens is 387 g/mol. The minimum atomic E-state index is -0.0202. The van der Waals surface area contributed by atoms with Crippen molar-refractivity contribution in [2.45, 2.75) is 0 Å². The van der Waals surface area contributed by atoms with Gasteiger partial charge in [0, 0.05) is 21.2 Å². The summed E-state index contributed by atoms with van der Waals surface area (Å²) in [6, 6.07) is 30.4.